The Morgan fingerprint density at radius 1 is 1.12 bits per heavy atom. The van der Waals surface area contributed by atoms with Crippen LogP contribution in [0.2, 0.25) is 0 Å². The fourth-order valence-corrected chi connectivity index (χ4v) is 2.16. The summed E-state index contributed by atoms with van der Waals surface area (Å²) in [6, 6.07) is 12.1. The van der Waals surface area contributed by atoms with Gasteiger partial charge in [0.25, 0.3) is 5.91 Å². The number of nitrogens with zero attached hydrogens (tertiary/aromatic N) is 2. The molecule has 3 rings (SSSR count). The number of amides is 1. The Hall–Kier alpha value is -3.48. The lowest BCUT2D eigenvalue weighted by Gasteiger charge is -2.07. The van der Waals surface area contributed by atoms with Gasteiger partial charge in [-0.3, -0.25) is 9.59 Å². The highest BCUT2D eigenvalue weighted by Crippen LogP contribution is 2.16. The lowest BCUT2D eigenvalue weighted by molar-refractivity contribution is 0.0942. The lowest BCUT2D eigenvalue weighted by atomic mass is 10.1. The Morgan fingerprint density at radius 2 is 1.92 bits per heavy atom. The first-order valence-corrected chi connectivity index (χ1v) is 7.62. The van der Waals surface area contributed by atoms with Gasteiger partial charge >= 0.3 is 0 Å². The van der Waals surface area contributed by atoms with Crippen molar-refractivity contribution in [2.75, 3.05) is 5.32 Å². The van der Waals surface area contributed by atoms with Crippen LogP contribution in [0, 0.1) is 0 Å². The summed E-state index contributed by atoms with van der Waals surface area (Å²) in [4.78, 5) is 31.5. The minimum atomic E-state index is -0.325. The van der Waals surface area contributed by atoms with Crippen LogP contribution in [-0.2, 0) is 6.54 Å². The van der Waals surface area contributed by atoms with Crippen molar-refractivity contribution in [2.45, 2.75) is 13.5 Å². The number of ketones is 1. The average molecular weight is 336 g/mol. The largest absolute Gasteiger partial charge is 0.467 e. The van der Waals surface area contributed by atoms with Gasteiger partial charge in [-0.2, -0.15) is 0 Å². The molecule has 126 valence electrons. The Labute approximate surface area is 144 Å². The van der Waals surface area contributed by atoms with Crippen LogP contribution < -0.4 is 10.6 Å². The van der Waals surface area contributed by atoms with Gasteiger partial charge in [-0.15, -0.1) is 0 Å². The van der Waals surface area contributed by atoms with E-state index in [9.17, 15) is 9.59 Å². The van der Waals surface area contributed by atoms with Crippen molar-refractivity contribution in [1.29, 1.82) is 0 Å². The van der Waals surface area contributed by atoms with E-state index in [1.165, 1.54) is 13.3 Å². The summed E-state index contributed by atoms with van der Waals surface area (Å²) >= 11 is 0. The molecule has 2 N–H and O–H groups in total. The summed E-state index contributed by atoms with van der Waals surface area (Å²) < 4.78 is 5.17. The molecule has 2 aromatic heterocycles. The quantitative estimate of drug-likeness (QED) is 0.672. The molecule has 0 saturated heterocycles. The maximum Gasteiger partial charge on any atom is 0.270 e. The second kappa shape index (κ2) is 7.39. The highest BCUT2D eigenvalue weighted by Gasteiger charge is 2.09. The molecule has 7 nitrogen and oxygen atoms in total. The van der Waals surface area contributed by atoms with Crippen molar-refractivity contribution < 1.29 is 14.0 Å². The van der Waals surface area contributed by atoms with Crippen molar-refractivity contribution in [1.82, 2.24) is 15.3 Å². The minimum absolute atomic E-state index is 0.00380. The zero-order valence-corrected chi connectivity index (χ0v) is 13.5. The van der Waals surface area contributed by atoms with E-state index in [2.05, 4.69) is 20.6 Å². The van der Waals surface area contributed by atoms with Gasteiger partial charge in [-0.1, -0.05) is 0 Å². The number of hydrogen-bond acceptors (Lipinski definition) is 6. The molecule has 0 spiro atoms. The molecule has 3 aromatic rings. The molecule has 1 aromatic carbocycles. The highest BCUT2D eigenvalue weighted by atomic mass is 16.3. The van der Waals surface area contributed by atoms with E-state index in [1.54, 1.807) is 48.7 Å². The van der Waals surface area contributed by atoms with Gasteiger partial charge in [0.05, 0.1) is 12.8 Å². The molecule has 0 radical (unpaired) electrons. The summed E-state index contributed by atoms with van der Waals surface area (Å²) in [5.41, 5.74) is 1.63. The van der Waals surface area contributed by atoms with Gasteiger partial charge in [-0.05, 0) is 43.3 Å². The molecule has 0 bridgehead atoms. The maximum atomic E-state index is 12.2. The number of furan rings is 1. The SMILES string of the molecule is CC(=O)c1ccc(Nc2cc(C(=O)NCc3ccco3)ncn2)cc1. The first-order chi connectivity index (χ1) is 12.1. The number of aromatic nitrogens is 2. The first-order valence-electron chi connectivity index (χ1n) is 7.62. The molecule has 0 fully saturated rings. The van der Waals surface area contributed by atoms with Crippen molar-refractivity contribution >= 4 is 23.2 Å². The van der Waals surface area contributed by atoms with E-state index in [4.69, 9.17) is 4.42 Å². The second-order valence-corrected chi connectivity index (χ2v) is 5.31. The summed E-state index contributed by atoms with van der Waals surface area (Å²) in [6.45, 7) is 1.80. The Kier molecular flexibility index (Phi) is 4.84. The smallest absolute Gasteiger partial charge is 0.270 e. The molecule has 0 aliphatic carbocycles. The van der Waals surface area contributed by atoms with E-state index >= 15 is 0 Å². The van der Waals surface area contributed by atoms with Crippen LogP contribution >= 0.6 is 0 Å². The molecule has 0 atom stereocenters. The molecule has 1 amide bonds. The van der Waals surface area contributed by atoms with Gasteiger partial charge in [0.15, 0.2) is 5.78 Å². The van der Waals surface area contributed by atoms with Gasteiger partial charge in [0.2, 0.25) is 0 Å². The number of hydrogen-bond donors (Lipinski definition) is 2. The number of carbonyl (C=O) groups is 2. The fourth-order valence-electron chi connectivity index (χ4n) is 2.16. The van der Waals surface area contributed by atoms with Crippen LogP contribution in [-0.4, -0.2) is 21.7 Å². The molecule has 2 heterocycles. The lowest BCUT2D eigenvalue weighted by Crippen LogP contribution is -2.23. The monoisotopic (exact) mass is 336 g/mol. The van der Waals surface area contributed by atoms with E-state index < -0.39 is 0 Å². The van der Waals surface area contributed by atoms with E-state index in [1.807, 2.05) is 0 Å². The maximum absolute atomic E-state index is 12.2. The third kappa shape index (κ3) is 4.29. The van der Waals surface area contributed by atoms with Crippen LogP contribution in [0.1, 0.15) is 33.5 Å². The highest BCUT2D eigenvalue weighted by molar-refractivity contribution is 5.94. The van der Waals surface area contributed by atoms with Gasteiger partial charge in [-0.25, -0.2) is 9.97 Å². The number of rotatable bonds is 6. The zero-order valence-electron chi connectivity index (χ0n) is 13.5. The van der Waals surface area contributed by atoms with E-state index in [-0.39, 0.29) is 23.9 Å². The summed E-state index contributed by atoms with van der Waals surface area (Å²) in [6.07, 6.45) is 2.86. The number of anilines is 2. The molecular weight excluding hydrogens is 320 g/mol. The molecule has 0 unspecified atom stereocenters. The third-order valence-electron chi connectivity index (χ3n) is 3.47. The van der Waals surface area contributed by atoms with Crippen LogP contribution in [0.25, 0.3) is 0 Å². The average Bonchev–Trinajstić information content (AvgIpc) is 3.14. The molecule has 0 saturated carbocycles. The normalized spacial score (nSPS) is 10.3. The Balaban J connectivity index is 1.66. The second-order valence-electron chi connectivity index (χ2n) is 5.31. The van der Waals surface area contributed by atoms with Gasteiger partial charge in [0, 0.05) is 17.3 Å². The minimum Gasteiger partial charge on any atom is -0.467 e. The van der Waals surface area contributed by atoms with Crippen LogP contribution in [0.15, 0.2) is 59.5 Å². The Morgan fingerprint density at radius 3 is 2.60 bits per heavy atom. The van der Waals surface area contributed by atoms with E-state index in [0.717, 1.165) is 5.69 Å². The first kappa shape index (κ1) is 16.4. The van der Waals surface area contributed by atoms with Gasteiger partial charge < -0.3 is 15.1 Å². The number of nitrogens with one attached hydrogen (secondary N) is 2. The number of carbonyl (C=O) groups excluding carboxylic acids is 2. The van der Waals surface area contributed by atoms with Crippen molar-refractivity contribution in [2.24, 2.45) is 0 Å². The van der Waals surface area contributed by atoms with Crippen LogP contribution in [0.5, 0.6) is 0 Å². The molecule has 0 aliphatic heterocycles. The molecular formula is C18H16N4O3. The number of benzene rings is 1. The molecule has 7 heteroatoms. The van der Waals surface area contributed by atoms with Crippen molar-refractivity contribution in [3.63, 3.8) is 0 Å². The van der Waals surface area contributed by atoms with Crippen LogP contribution in [0.4, 0.5) is 11.5 Å². The molecule has 0 aliphatic rings. The predicted molar refractivity (Wildman–Crippen MR) is 91.6 cm³/mol. The summed E-state index contributed by atoms with van der Waals surface area (Å²) in [5.74, 6) is 0.818. The van der Waals surface area contributed by atoms with Crippen LogP contribution in [0.3, 0.4) is 0 Å². The standard InChI is InChI=1S/C18H16N4O3/c1-12(23)13-4-6-14(7-5-13)22-17-9-16(20-11-21-17)18(24)19-10-15-3-2-8-25-15/h2-9,11H,10H2,1H3,(H,19,24)(H,20,21,22). The van der Waals surface area contributed by atoms with Crippen molar-refractivity contribution in [3.8, 4) is 0 Å². The predicted octanol–water partition coefficient (Wildman–Crippen LogP) is 2.95. The Bertz CT molecular complexity index is 874. The van der Waals surface area contributed by atoms with Crippen molar-refractivity contribution in [3.05, 3.63) is 72.1 Å². The third-order valence-corrected chi connectivity index (χ3v) is 3.47. The summed E-state index contributed by atoms with van der Waals surface area (Å²) in [5, 5.41) is 5.80. The van der Waals surface area contributed by atoms with E-state index in [0.29, 0.717) is 17.1 Å². The molecule has 25 heavy (non-hydrogen) atoms. The summed E-state index contributed by atoms with van der Waals surface area (Å²) in [7, 11) is 0. The zero-order chi connectivity index (χ0) is 17.6. The van der Waals surface area contributed by atoms with Gasteiger partial charge in [0.1, 0.15) is 23.6 Å². The topological polar surface area (TPSA) is 97.1 Å². The fraction of sp³-hybridized carbons (Fsp3) is 0.111. The number of Topliss-reactive ketones (excluding diaryl/α,β-unsaturated/α-hetero) is 1.